The molecule has 0 spiro atoms. The van der Waals surface area contributed by atoms with Gasteiger partial charge in [-0.2, -0.15) is 0 Å². The Labute approximate surface area is 122 Å². The van der Waals surface area contributed by atoms with Crippen LogP contribution in [0.15, 0.2) is 47.4 Å². The minimum absolute atomic E-state index is 0.0449. The second kappa shape index (κ2) is 6.60. The molecule has 0 aliphatic rings. The molecule has 0 radical (unpaired) electrons. The van der Waals surface area contributed by atoms with Gasteiger partial charge in [0, 0.05) is 25.9 Å². The van der Waals surface area contributed by atoms with Crippen LogP contribution in [0.25, 0.3) is 0 Å². The van der Waals surface area contributed by atoms with Gasteiger partial charge in [0.15, 0.2) is 6.61 Å². The molecule has 2 rings (SSSR count). The number of hydrogen-bond donors (Lipinski definition) is 2. The van der Waals surface area contributed by atoms with Crippen molar-refractivity contribution in [3.63, 3.8) is 0 Å². The summed E-state index contributed by atoms with van der Waals surface area (Å²) in [5, 5.41) is 3.22. The minimum atomic E-state index is -0.504. The van der Waals surface area contributed by atoms with E-state index in [0.717, 1.165) is 11.3 Å². The van der Waals surface area contributed by atoms with Crippen LogP contribution < -0.4 is 21.3 Å². The van der Waals surface area contributed by atoms with Crippen molar-refractivity contribution >= 4 is 11.6 Å². The van der Waals surface area contributed by atoms with Crippen LogP contribution in [0.1, 0.15) is 5.56 Å². The minimum Gasteiger partial charge on any atom is -0.484 e. The van der Waals surface area contributed by atoms with Gasteiger partial charge >= 0.3 is 0 Å². The normalized spacial score (nSPS) is 10.1. The van der Waals surface area contributed by atoms with Crippen LogP contribution >= 0.6 is 0 Å². The number of nitrogens with zero attached hydrogens (tertiary/aromatic N) is 1. The number of rotatable bonds is 6. The number of carbonyl (C=O) groups excluding carboxylic acids is 1. The standard InChI is InChI=1S/C15H17N3O3/c1-18-9-12(4-7-15(18)20)17-8-11-2-5-13(6-3-11)21-10-14(16)19/h2-7,9,17H,8,10H2,1H3,(H2,16,19). The molecular formula is C15H17N3O3. The fourth-order valence-corrected chi connectivity index (χ4v) is 1.76. The maximum atomic E-state index is 11.3. The van der Waals surface area contributed by atoms with Gasteiger partial charge in [0.25, 0.3) is 5.91 Å². The number of nitrogens with two attached hydrogens (primary N) is 1. The number of primary amides is 1. The van der Waals surface area contributed by atoms with Crippen molar-refractivity contribution in [1.82, 2.24) is 4.57 Å². The molecule has 0 unspecified atom stereocenters. The van der Waals surface area contributed by atoms with Crippen molar-refractivity contribution in [2.24, 2.45) is 12.8 Å². The Kier molecular flexibility index (Phi) is 4.61. The summed E-state index contributed by atoms with van der Waals surface area (Å²) in [6.45, 7) is 0.490. The van der Waals surface area contributed by atoms with Gasteiger partial charge in [-0.15, -0.1) is 0 Å². The summed E-state index contributed by atoms with van der Waals surface area (Å²) in [6.07, 6.45) is 1.74. The molecule has 6 heteroatoms. The molecule has 1 aromatic heterocycles. The van der Waals surface area contributed by atoms with Crippen molar-refractivity contribution in [3.8, 4) is 5.75 Å². The number of pyridine rings is 1. The molecule has 0 fully saturated rings. The number of benzene rings is 1. The molecule has 2 aromatic rings. The molecule has 0 saturated carbocycles. The van der Waals surface area contributed by atoms with E-state index in [9.17, 15) is 9.59 Å². The Morgan fingerprint density at radius 2 is 1.95 bits per heavy atom. The van der Waals surface area contributed by atoms with E-state index in [1.54, 1.807) is 31.4 Å². The van der Waals surface area contributed by atoms with Crippen LogP contribution in [-0.4, -0.2) is 17.1 Å². The van der Waals surface area contributed by atoms with Crippen LogP contribution in [0.3, 0.4) is 0 Å². The summed E-state index contributed by atoms with van der Waals surface area (Å²) in [4.78, 5) is 21.9. The Morgan fingerprint density at radius 1 is 1.24 bits per heavy atom. The first-order valence-corrected chi connectivity index (χ1v) is 6.45. The van der Waals surface area contributed by atoms with Crippen molar-refractivity contribution in [3.05, 3.63) is 58.5 Å². The molecule has 1 amide bonds. The fraction of sp³-hybridized carbons (Fsp3) is 0.200. The van der Waals surface area contributed by atoms with Crippen LogP contribution in [0.5, 0.6) is 5.75 Å². The zero-order chi connectivity index (χ0) is 15.2. The largest absolute Gasteiger partial charge is 0.484 e. The molecule has 0 saturated heterocycles. The first-order chi connectivity index (χ1) is 10.0. The van der Waals surface area contributed by atoms with E-state index in [1.165, 1.54) is 10.6 Å². The summed E-state index contributed by atoms with van der Waals surface area (Å²) in [5.74, 6) is 0.0927. The molecule has 1 heterocycles. The lowest BCUT2D eigenvalue weighted by Gasteiger charge is -2.09. The maximum Gasteiger partial charge on any atom is 0.255 e. The van der Waals surface area contributed by atoms with Gasteiger partial charge < -0.3 is 20.4 Å². The first kappa shape index (κ1) is 14.6. The summed E-state index contributed by atoms with van der Waals surface area (Å²) in [7, 11) is 1.71. The zero-order valence-corrected chi connectivity index (χ0v) is 11.7. The van der Waals surface area contributed by atoms with E-state index in [1.807, 2.05) is 12.1 Å². The monoisotopic (exact) mass is 287 g/mol. The smallest absolute Gasteiger partial charge is 0.255 e. The van der Waals surface area contributed by atoms with Crippen molar-refractivity contribution < 1.29 is 9.53 Å². The van der Waals surface area contributed by atoms with Gasteiger partial charge in [-0.1, -0.05) is 12.1 Å². The van der Waals surface area contributed by atoms with Gasteiger partial charge in [0.05, 0.1) is 5.69 Å². The molecular weight excluding hydrogens is 270 g/mol. The number of amides is 1. The Bertz CT molecular complexity index is 677. The molecule has 3 N–H and O–H groups in total. The third-order valence-electron chi connectivity index (χ3n) is 2.89. The Hall–Kier alpha value is -2.76. The average molecular weight is 287 g/mol. The second-order valence-corrected chi connectivity index (χ2v) is 4.62. The molecule has 0 bridgehead atoms. The fourth-order valence-electron chi connectivity index (χ4n) is 1.76. The highest BCUT2D eigenvalue weighted by Crippen LogP contribution is 2.13. The molecule has 6 nitrogen and oxygen atoms in total. The summed E-state index contributed by atoms with van der Waals surface area (Å²) in [5.41, 5.74) is 6.88. The third-order valence-corrected chi connectivity index (χ3v) is 2.89. The van der Waals surface area contributed by atoms with Gasteiger partial charge in [-0.3, -0.25) is 9.59 Å². The average Bonchev–Trinajstić information content (AvgIpc) is 2.47. The van der Waals surface area contributed by atoms with Gasteiger partial charge in [-0.05, 0) is 23.8 Å². The first-order valence-electron chi connectivity index (χ1n) is 6.45. The van der Waals surface area contributed by atoms with Gasteiger partial charge in [-0.25, -0.2) is 0 Å². The summed E-state index contributed by atoms with van der Waals surface area (Å²) < 4.78 is 6.70. The van der Waals surface area contributed by atoms with Crippen LogP contribution in [-0.2, 0) is 18.4 Å². The van der Waals surface area contributed by atoms with Gasteiger partial charge in [0.1, 0.15) is 5.75 Å². The van der Waals surface area contributed by atoms with Crippen LogP contribution in [0, 0.1) is 0 Å². The quantitative estimate of drug-likeness (QED) is 0.825. The van der Waals surface area contributed by atoms with E-state index < -0.39 is 5.91 Å². The van der Waals surface area contributed by atoms with Gasteiger partial charge in [0.2, 0.25) is 5.56 Å². The highest BCUT2D eigenvalue weighted by molar-refractivity contribution is 5.75. The Balaban J connectivity index is 1.92. The van der Waals surface area contributed by atoms with E-state index in [2.05, 4.69) is 5.32 Å². The van der Waals surface area contributed by atoms with Crippen molar-refractivity contribution in [1.29, 1.82) is 0 Å². The number of hydrogen-bond acceptors (Lipinski definition) is 4. The van der Waals surface area contributed by atoms with E-state index in [0.29, 0.717) is 12.3 Å². The van der Waals surface area contributed by atoms with E-state index in [-0.39, 0.29) is 12.2 Å². The molecule has 0 aliphatic carbocycles. The molecule has 21 heavy (non-hydrogen) atoms. The zero-order valence-electron chi connectivity index (χ0n) is 11.7. The number of ether oxygens (including phenoxy) is 1. The summed E-state index contributed by atoms with van der Waals surface area (Å²) >= 11 is 0. The summed E-state index contributed by atoms with van der Waals surface area (Å²) in [6, 6.07) is 10.6. The number of nitrogens with one attached hydrogen (secondary N) is 1. The number of carbonyl (C=O) groups is 1. The second-order valence-electron chi connectivity index (χ2n) is 4.62. The third kappa shape index (κ3) is 4.38. The SMILES string of the molecule is Cn1cc(NCc2ccc(OCC(N)=O)cc2)ccc1=O. The highest BCUT2D eigenvalue weighted by atomic mass is 16.5. The molecule has 0 atom stereocenters. The number of aryl methyl sites for hydroxylation is 1. The maximum absolute atomic E-state index is 11.3. The predicted molar refractivity (Wildman–Crippen MR) is 80.1 cm³/mol. The molecule has 1 aromatic carbocycles. The lowest BCUT2D eigenvalue weighted by atomic mass is 10.2. The lowest BCUT2D eigenvalue weighted by molar-refractivity contribution is -0.119. The lowest BCUT2D eigenvalue weighted by Crippen LogP contribution is -2.20. The van der Waals surface area contributed by atoms with E-state index in [4.69, 9.17) is 10.5 Å². The number of aromatic nitrogens is 1. The van der Waals surface area contributed by atoms with Crippen molar-refractivity contribution in [2.75, 3.05) is 11.9 Å². The predicted octanol–water partition coefficient (Wildman–Crippen LogP) is 0.861. The van der Waals surface area contributed by atoms with Crippen LogP contribution in [0.4, 0.5) is 5.69 Å². The highest BCUT2D eigenvalue weighted by Gasteiger charge is 1.99. The van der Waals surface area contributed by atoms with Crippen molar-refractivity contribution in [2.45, 2.75) is 6.54 Å². The molecule has 0 aliphatic heterocycles. The van der Waals surface area contributed by atoms with E-state index >= 15 is 0 Å². The van der Waals surface area contributed by atoms with Crippen LogP contribution in [0.2, 0.25) is 0 Å². The topological polar surface area (TPSA) is 86.3 Å². The Morgan fingerprint density at radius 3 is 2.57 bits per heavy atom. The number of anilines is 1. The molecule has 110 valence electrons.